The highest BCUT2D eigenvalue weighted by Gasteiger charge is 2.40. The molecule has 2 unspecified atom stereocenters. The molecular formula is C15H25N3O. The molecule has 3 fully saturated rings. The standard InChI is InChI=1S/C15H25N3O/c1-10-4-12-5-13(6-12)8-15(3,7-10)16-9-14-17-11(2)19-18-14/h10,12-13,16H,4-9H2,1-3H3. The van der Waals surface area contributed by atoms with Gasteiger partial charge in [-0.05, 0) is 56.8 Å². The van der Waals surface area contributed by atoms with Crippen molar-refractivity contribution in [1.29, 1.82) is 0 Å². The van der Waals surface area contributed by atoms with Crippen molar-refractivity contribution in [3.63, 3.8) is 0 Å². The van der Waals surface area contributed by atoms with Gasteiger partial charge in [-0.15, -0.1) is 0 Å². The summed E-state index contributed by atoms with van der Waals surface area (Å²) in [5.41, 5.74) is 0.226. The third kappa shape index (κ3) is 2.99. The molecule has 0 saturated heterocycles. The first kappa shape index (κ1) is 13.1. The molecule has 4 heteroatoms. The van der Waals surface area contributed by atoms with Gasteiger partial charge in [0.25, 0.3) is 0 Å². The summed E-state index contributed by atoms with van der Waals surface area (Å²) in [6.07, 6.45) is 6.86. The van der Waals surface area contributed by atoms with Gasteiger partial charge in [-0.1, -0.05) is 12.1 Å². The van der Waals surface area contributed by atoms with Crippen molar-refractivity contribution >= 4 is 0 Å². The van der Waals surface area contributed by atoms with Crippen LogP contribution in [0.2, 0.25) is 0 Å². The lowest BCUT2D eigenvalue weighted by Gasteiger charge is -2.47. The Labute approximate surface area is 115 Å². The van der Waals surface area contributed by atoms with Crippen molar-refractivity contribution in [2.24, 2.45) is 17.8 Å². The Kier molecular flexibility index (Phi) is 3.37. The lowest BCUT2D eigenvalue weighted by molar-refractivity contribution is 0.0698. The topological polar surface area (TPSA) is 51.0 Å². The summed E-state index contributed by atoms with van der Waals surface area (Å²) in [5.74, 6) is 4.19. The molecule has 4 nitrogen and oxygen atoms in total. The summed E-state index contributed by atoms with van der Waals surface area (Å²) in [7, 11) is 0. The van der Waals surface area contributed by atoms with Crippen molar-refractivity contribution in [1.82, 2.24) is 15.5 Å². The molecule has 4 rings (SSSR count). The third-order valence-corrected chi connectivity index (χ3v) is 4.85. The molecular weight excluding hydrogens is 238 g/mol. The second-order valence-corrected chi connectivity index (χ2v) is 7.10. The molecule has 3 aliphatic rings. The number of hydrogen-bond donors (Lipinski definition) is 1. The van der Waals surface area contributed by atoms with Crippen molar-refractivity contribution in [3.05, 3.63) is 11.7 Å². The first-order chi connectivity index (χ1) is 9.02. The van der Waals surface area contributed by atoms with Gasteiger partial charge in [0.1, 0.15) is 0 Å². The highest BCUT2D eigenvalue weighted by atomic mass is 16.5. The fraction of sp³-hybridized carbons (Fsp3) is 0.867. The highest BCUT2D eigenvalue weighted by molar-refractivity contribution is 4.96. The van der Waals surface area contributed by atoms with Crippen molar-refractivity contribution in [3.8, 4) is 0 Å². The maximum absolute atomic E-state index is 5.03. The maximum Gasteiger partial charge on any atom is 0.223 e. The van der Waals surface area contributed by atoms with Crippen LogP contribution in [0, 0.1) is 24.7 Å². The average molecular weight is 263 g/mol. The fourth-order valence-corrected chi connectivity index (χ4v) is 4.22. The van der Waals surface area contributed by atoms with Crippen LogP contribution < -0.4 is 5.32 Å². The van der Waals surface area contributed by atoms with Crippen molar-refractivity contribution in [2.75, 3.05) is 0 Å². The van der Waals surface area contributed by atoms with Crippen LogP contribution in [0.15, 0.2) is 4.52 Å². The van der Waals surface area contributed by atoms with Crippen molar-refractivity contribution in [2.45, 2.75) is 65.0 Å². The molecule has 0 radical (unpaired) electrons. The zero-order valence-electron chi connectivity index (χ0n) is 12.3. The summed E-state index contributed by atoms with van der Waals surface area (Å²) >= 11 is 0. The molecule has 3 saturated carbocycles. The number of fused-ring (bicyclic) bond motifs is 4. The molecule has 3 aliphatic carbocycles. The minimum Gasteiger partial charge on any atom is -0.340 e. The summed E-state index contributed by atoms with van der Waals surface area (Å²) in [6, 6.07) is 0. The van der Waals surface area contributed by atoms with Crippen LogP contribution in [0.25, 0.3) is 0 Å². The molecule has 1 aromatic heterocycles. The first-order valence-electron chi connectivity index (χ1n) is 7.57. The summed E-state index contributed by atoms with van der Waals surface area (Å²) in [5, 5.41) is 7.67. The zero-order valence-corrected chi connectivity index (χ0v) is 12.3. The van der Waals surface area contributed by atoms with E-state index in [1.54, 1.807) is 0 Å². The predicted octanol–water partition coefficient (Wildman–Crippen LogP) is 3.07. The fourth-order valence-electron chi connectivity index (χ4n) is 4.22. The molecule has 1 aromatic rings. The van der Waals surface area contributed by atoms with Crippen molar-refractivity contribution < 1.29 is 4.52 Å². The molecule has 1 N–H and O–H groups in total. The Morgan fingerprint density at radius 1 is 1.26 bits per heavy atom. The Morgan fingerprint density at radius 3 is 2.74 bits per heavy atom. The summed E-state index contributed by atoms with van der Waals surface area (Å²) in [4.78, 5) is 4.28. The van der Waals surface area contributed by atoms with Gasteiger partial charge in [0.05, 0.1) is 6.54 Å². The second-order valence-electron chi connectivity index (χ2n) is 7.10. The molecule has 2 bridgehead atoms. The lowest BCUT2D eigenvalue weighted by Crippen LogP contribution is -2.48. The minimum atomic E-state index is 0.226. The number of nitrogens with zero attached hydrogens (tertiary/aromatic N) is 2. The Balaban J connectivity index is 1.62. The van der Waals surface area contributed by atoms with E-state index >= 15 is 0 Å². The first-order valence-corrected chi connectivity index (χ1v) is 7.57. The molecule has 0 aliphatic heterocycles. The predicted molar refractivity (Wildman–Crippen MR) is 73.5 cm³/mol. The van der Waals surface area contributed by atoms with Gasteiger partial charge in [0, 0.05) is 12.5 Å². The average Bonchev–Trinajstić information content (AvgIpc) is 2.67. The van der Waals surface area contributed by atoms with E-state index in [1.807, 2.05) is 6.92 Å². The zero-order chi connectivity index (χ0) is 13.5. The Morgan fingerprint density at radius 2 is 2.05 bits per heavy atom. The van der Waals surface area contributed by atoms with Gasteiger partial charge >= 0.3 is 0 Å². The largest absolute Gasteiger partial charge is 0.340 e. The lowest BCUT2D eigenvalue weighted by atomic mass is 9.62. The van der Waals surface area contributed by atoms with Crippen LogP contribution >= 0.6 is 0 Å². The summed E-state index contributed by atoms with van der Waals surface area (Å²) in [6.45, 7) is 7.33. The number of aromatic nitrogens is 2. The van der Waals surface area contributed by atoms with Crippen LogP contribution in [-0.2, 0) is 6.54 Å². The van der Waals surface area contributed by atoms with Crippen LogP contribution in [0.5, 0.6) is 0 Å². The van der Waals surface area contributed by atoms with Crippen LogP contribution in [0.4, 0.5) is 0 Å². The van der Waals surface area contributed by atoms with E-state index in [4.69, 9.17) is 4.52 Å². The molecule has 106 valence electrons. The van der Waals surface area contributed by atoms with Gasteiger partial charge in [0.15, 0.2) is 5.82 Å². The number of aryl methyl sites for hydroxylation is 1. The van der Waals surface area contributed by atoms with Crippen LogP contribution in [0.3, 0.4) is 0 Å². The normalized spacial score (nSPS) is 38.4. The quantitative estimate of drug-likeness (QED) is 0.910. The van der Waals surface area contributed by atoms with E-state index in [1.165, 1.54) is 32.1 Å². The molecule has 19 heavy (non-hydrogen) atoms. The van der Waals surface area contributed by atoms with E-state index in [0.29, 0.717) is 5.89 Å². The molecule has 0 spiro atoms. The molecule has 0 aromatic carbocycles. The maximum atomic E-state index is 5.03. The van der Waals surface area contributed by atoms with E-state index in [2.05, 4.69) is 29.3 Å². The minimum absolute atomic E-state index is 0.226. The number of rotatable bonds is 3. The van der Waals surface area contributed by atoms with E-state index in [0.717, 1.165) is 30.1 Å². The Bertz CT molecular complexity index is 434. The Hall–Kier alpha value is -0.900. The smallest absolute Gasteiger partial charge is 0.223 e. The van der Waals surface area contributed by atoms with Crippen LogP contribution in [-0.4, -0.2) is 15.7 Å². The molecule has 0 amide bonds. The van der Waals surface area contributed by atoms with E-state index in [9.17, 15) is 0 Å². The second kappa shape index (κ2) is 4.89. The highest BCUT2D eigenvalue weighted by Crippen LogP contribution is 2.46. The summed E-state index contributed by atoms with van der Waals surface area (Å²) < 4.78 is 5.03. The van der Waals surface area contributed by atoms with Gasteiger partial charge in [-0.25, -0.2) is 0 Å². The van der Waals surface area contributed by atoms with E-state index in [-0.39, 0.29) is 5.54 Å². The van der Waals surface area contributed by atoms with E-state index < -0.39 is 0 Å². The van der Waals surface area contributed by atoms with Gasteiger partial charge in [-0.2, -0.15) is 4.98 Å². The van der Waals surface area contributed by atoms with Crippen LogP contribution in [0.1, 0.15) is 57.7 Å². The monoisotopic (exact) mass is 263 g/mol. The number of hydrogen-bond acceptors (Lipinski definition) is 4. The SMILES string of the molecule is Cc1nc(CNC2(C)CC(C)CC3CC(C3)C2)no1. The molecule has 1 heterocycles. The third-order valence-electron chi connectivity index (χ3n) is 4.85. The van der Waals surface area contributed by atoms with Gasteiger partial charge < -0.3 is 9.84 Å². The van der Waals surface area contributed by atoms with Gasteiger partial charge in [0.2, 0.25) is 5.89 Å². The van der Waals surface area contributed by atoms with Gasteiger partial charge in [-0.3, -0.25) is 0 Å². The molecule has 2 atom stereocenters. The number of nitrogens with one attached hydrogen (secondary N) is 1.